The molecule has 0 saturated carbocycles. The third-order valence-electron chi connectivity index (χ3n) is 6.77. The molecule has 35 heavy (non-hydrogen) atoms. The van der Waals surface area contributed by atoms with Crippen molar-refractivity contribution in [1.82, 2.24) is 9.97 Å². The van der Waals surface area contributed by atoms with Gasteiger partial charge in [0.05, 0.1) is 16.7 Å². The van der Waals surface area contributed by atoms with Gasteiger partial charge in [-0.25, -0.2) is 4.98 Å². The Morgan fingerprint density at radius 2 is 1.91 bits per heavy atom. The van der Waals surface area contributed by atoms with Crippen LogP contribution in [-0.2, 0) is 0 Å². The van der Waals surface area contributed by atoms with Crippen molar-refractivity contribution in [2.24, 2.45) is 0 Å². The minimum absolute atomic E-state index is 0.0307. The van der Waals surface area contributed by atoms with Crippen LogP contribution in [0.3, 0.4) is 0 Å². The minimum Gasteiger partial charge on any atom is -0.508 e. The number of nitrogens with one attached hydrogen (secondary N) is 1. The van der Waals surface area contributed by atoms with Gasteiger partial charge in [0, 0.05) is 40.9 Å². The third-order valence-corrected chi connectivity index (χ3v) is 7.14. The maximum absolute atomic E-state index is 13.7. The van der Waals surface area contributed by atoms with E-state index in [0.717, 1.165) is 38.5 Å². The van der Waals surface area contributed by atoms with Crippen LogP contribution in [0.5, 0.6) is 11.5 Å². The predicted molar refractivity (Wildman–Crippen MR) is 139 cm³/mol. The number of carbonyl (C=O) groups excluding carboxylic acids is 1. The molecule has 2 heterocycles. The summed E-state index contributed by atoms with van der Waals surface area (Å²) < 4.78 is 0. The topological polar surface area (TPSA) is 89.4 Å². The molecule has 1 amide bonds. The van der Waals surface area contributed by atoms with Crippen molar-refractivity contribution in [3.05, 3.63) is 83.4 Å². The number of nitrogens with zero attached hydrogens (tertiary/aromatic N) is 2. The van der Waals surface area contributed by atoms with Crippen molar-refractivity contribution < 1.29 is 15.0 Å². The van der Waals surface area contributed by atoms with Gasteiger partial charge in [-0.2, -0.15) is 0 Å². The molecule has 3 N–H and O–H groups in total. The summed E-state index contributed by atoms with van der Waals surface area (Å²) in [5, 5.41) is 22.0. The van der Waals surface area contributed by atoms with Gasteiger partial charge in [0.15, 0.2) is 0 Å². The Hall–Kier alpha value is -4.03. The highest BCUT2D eigenvalue weighted by Gasteiger charge is 2.35. The summed E-state index contributed by atoms with van der Waals surface area (Å²) in [7, 11) is 0. The molecule has 174 valence electrons. The lowest BCUT2D eigenvalue weighted by Gasteiger charge is -2.19. The Bertz CT molecular complexity index is 1620. The number of phenols is 2. The Kier molecular flexibility index (Phi) is 4.93. The number of rotatable bonds is 3. The number of phenolic OH excluding ortho intramolecular Hbond substituents is 2. The number of carbonyl (C=O) groups is 1. The number of alkyl halides is 1. The molecular weight excluding hydrogens is 462 g/mol. The van der Waals surface area contributed by atoms with Crippen LogP contribution in [0.1, 0.15) is 27.4 Å². The molecule has 0 bridgehead atoms. The molecule has 0 aliphatic carbocycles. The highest BCUT2D eigenvalue weighted by atomic mass is 35.5. The molecule has 1 aliphatic heterocycles. The summed E-state index contributed by atoms with van der Waals surface area (Å²) in [4.78, 5) is 23.3. The highest BCUT2D eigenvalue weighted by Crippen LogP contribution is 2.46. The van der Waals surface area contributed by atoms with Gasteiger partial charge in [0.1, 0.15) is 17.3 Å². The van der Waals surface area contributed by atoms with Crippen molar-refractivity contribution in [3.63, 3.8) is 0 Å². The quantitative estimate of drug-likeness (QED) is 0.271. The first-order chi connectivity index (χ1) is 16.9. The number of aromatic nitrogens is 2. The van der Waals surface area contributed by atoms with Crippen molar-refractivity contribution in [2.75, 3.05) is 17.3 Å². The van der Waals surface area contributed by atoms with Crippen molar-refractivity contribution in [3.8, 4) is 22.9 Å². The van der Waals surface area contributed by atoms with Gasteiger partial charge in [-0.3, -0.25) is 4.79 Å². The lowest BCUT2D eigenvalue weighted by Crippen LogP contribution is -2.30. The number of hydrogen-bond acceptors (Lipinski definition) is 4. The standard InChI is InChI=1S/C28H22ClN3O3/c1-15-3-2-4-20-24(34)12-23-26(25(15)20)18(13-29)14-32(23)28(35)17-7-10-21-22(11-17)31-27(30-21)16-5-8-19(33)9-6-16/h2-12,18,33-34H,13-14H2,1H3,(H,30,31)/t18-/m1/s1. The van der Waals surface area contributed by atoms with Gasteiger partial charge in [0.25, 0.3) is 5.91 Å². The highest BCUT2D eigenvalue weighted by molar-refractivity contribution is 6.19. The average Bonchev–Trinajstić information content (AvgIpc) is 3.45. The van der Waals surface area contributed by atoms with Crippen molar-refractivity contribution >= 4 is 45.0 Å². The van der Waals surface area contributed by atoms with Gasteiger partial charge < -0.3 is 20.1 Å². The zero-order valence-electron chi connectivity index (χ0n) is 18.9. The molecule has 1 atom stereocenters. The van der Waals surface area contributed by atoms with Crippen molar-refractivity contribution in [2.45, 2.75) is 12.8 Å². The normalized spacial score (nSPS) is 15.1. The number of H-pyrrole nitrogens is 1. The molecule has 7 heteroatoms. The van der Waals surface area contributed by atoms with Crippen LogP contribution in [0.15, 0.2) is 66.7 Å². The Morgan fingerprint density at radius 1 is 1.11 bits per heavy atom. The second-order valence-corrected chi connectivity index (χ2v) is 9.27. The van der Waals surface area contributed by atoms with E-state index in [-0.39, 0.29) is 23.3 Å². The van der Waals surface area contributed by atoms with Crippen LogP contribution in [-0.4, -0.2) is 38.5 Å². The molecular formula is C28H22ClN3O3. The van der Waals surface area contributed by atoms with Crippen LogP contribution in [0, 0.1) is 6.92 Å². The number of hydrogen-bond donors (Lipinski definition) is 3. The second-order valence-electron chi connectivity index (χ2n) is 8.96. The van der Waals surface area contributed by atoms with E-state index in [1.165, 1.54) is 0 Å². The van der Waals surface area contributed by atoms with E-state index in [1.807, 2.05) is 31.2 Å². The predicted octanol–water partition coefficient (Wildman–Crippen LogP) is 6.09. The van der Waals surface area contributed by atoms with Crippen LogP contribution < -0.4 is 4.90 Å². The fourth-order valence-electron chi connectivity index (χ4n) is 5.07. The summed E-state index contributed by atoms with van der Waals surface area (Å²) in [5.74, 6) is 1.18. The number of anilines is 1. The molecule has 6 rings (SSSR count). The van der Waals surface area contributed by atoms with Gasteiger partial charge in [0.2, 0.25) is 0 Å². The number of aromatic hydroxyl groups is 2. The maximum Gasteiger partial charge on any atom is 0.258 e. The largest absolute Gasteiger partial charge is 0.508 e. The fraction of sp³-hybridized carbons (Fsp3) is 0.143. The van der Waals surface area contributed by atoms with E-state index in [4.69, 9.17) is 11.6 Å². The average molecular weight is 484 g/mol. The van der Waals surface area contributed by atoms with E-state index in [9.17, 15) is 15.0 Å². The molecule has 1 aliphatic rings. The number of halogens is 1. The van der Waals surface area contributed by atoms with Crippen LogP contribution in [0.25, 0.3) is 33.2 Å². The zero-order valence-corrected chi connectivity index (χ0v) is 19.7. The van der Waals surface area contributed by atoms with E-state index in [1.54, 1.807) is 47.4 Å². The summed E-state index contributed by atoms with van der Waals surface area (Å²) >= 11 is 6.36. The first-order valence-electron chi connectivity index (χ1n) is 11.4. The van der Waals surface area contributed by atoms with Crippen LogP contribution in [0.4, 0.5) is 5.69 Å². The lowest BCUT2D eigenvalue weighted by molar-refractivity contribution is 0.0988. The lowest BCUT2D eigenvalue weighted by atomic mass is 9.92. The van der Waals surface area contributed by atoms with E-state index >= 15 is 0 Å². The van der Waals surface area contributed by atoms with Gasteiger partial charge in [-0.1, -0.05) is 18.2 Å². The molecule has 0 saturated heterocycles. The second kappa shape index (κ2) is 8.03. The van der Waals surface area contributed by atoms with Crippen molar-refractivity contribution in [1.29, 1.82) is 0 Å². The van der Waals surface area contributed by atoms with Gasteiger partial charge >= 0.3 is 0 Å². The summed E-state index contributed by atoms with van der Waals surface area (Å²) in [6, 6.07) is 19.7. The monoisotopic (exact) mass is 483 g/mol. The number of amides is 1. The molecule has 4 aromatic carbocycles. The molecule has 0 fully saturated rings. The van der Waals surface area contributed by atoms with Gasteiger partial charge in [-0.15, -0.1) is 11.6 Å². The molecule has 6 nitrogen and oxygen atoms in total. The maximum atomic E-state index is 13.7. The number of imidazole rings is 1. The molecule has 5 aromatic rings. The smallest absolute Gasteiger partial charge is 0.258 e. The summed E-state index contributed by atoms with van der Waals surface area (Å²) in [6.07, 6.45) is 0. The SMILES string of the molecule is Cc1cccc2c(O)cc3c(c12)[C@H](CCl)CN3C(=O)c1ccc2nc(-c3ccc(O)cc3)[nH]c2c1. The number of benzene rings is 4. The Morgan fingerprint density at radius 3 is 2.69 bits per heavy atom. The molecule has 0 spiro atoms. The Labute approximate surface area is 206 Å². The van der Waals surface area contributed by atoms with Crippen LogP contribution >= 0.6 is 11.6 Å². The third kappa shape index (κ3) is 3.41. The number of fused-ring (bicyclic) bond motifs is 4. The number of aromatic amines is 1. The fourth-order valence-corrected chi connectivity index (χ4v) is 5.32. The first kappa shape index (κ1) is 21.5. The first-order valence-corrected chi connectivity index (χ1v) is 11.9. The molecule has 1 aromatic heterocycles. The van der Waals surface area contributed by atoms with Crippen LogP contribution in [0.2, 0.25) is 0 Å². The summed E-state index contributed by atoms with van der Waals surface area (Å²) in [6.45, 7) is 2.46. The molecule has 0 radical (unpaired) electrons. The van der Waals surface area contributed by atoms with E-state index in [0.29, 0.717) is 29.5 Å². The van der Waals surface area contributed by atoms with E-state index in [2.05, 4.69) is 9.97 Å². The minimum atomic E-state index is -0.158. The van der Waals surface area contributed by atoms with E-state index < -0.39 is 0 Å². The summed E-state index contributed by atoms with van der Waals surface area (Å²) in [5.41, 5.74) is 5.59. The van der Waals surface area contributed by atoms with Gasteiger partial charge in [-0.05, 0) is 65.9 Å². The Balaban J connectivity index is 1.42. The zero-order chi connectivity index (χ0) is 24.3. The number of aryl methyl sites for hydroxylation is 1. The molecule has 0 unspecified atom stereocenters.